The second-order valence-corrected chi connectivity index (χ2v) is 4.49. The summed E-state index contributed by atoms with van der Waals surface area (Å²) in [6.45, 7) is 1.01. The number of halogens is 2. The zero-order chi connectivity index (χ0) is 14.5. The first-order valence-electron chi connectivity index (χ1n) is 5.68. The van der Waals surface area contributed by atoms with Gasteiger partial charge in [0, 0.05) is 11.8 Å². The van der Waals surface area contributed by atoms with Crippen LogP contribution in [0.15, 0.2) is 15.1 Å². The van der Waals surface area contributed by atoms with E-state index >= 15 is 0 Å². The number of anilines is 1. The molecule has 0 aliphatic rings. The van der Waals surface area contributed by atoms with Gasteiger partial charge in [0.15, 0.2) is 11.2 Å². The Balaban J connectivity index is 2.25. The standard InChI is InChI=1S/C9H12Cl2N8O/c10-1-3-19(4-2-11)18-17-9-13-5-6(15-9)14-8(12)16-7(5)20/h1-4H2,(H4,12,13,14,15,16,20). The molecule has 11 heteroatoms. The van der Waals surface area contributed by atoms with E-state index in [0.29, 0.717) is 24.8 Å². The summed E-state index contributed by atoms with van der Waals surface area (Å²) in [5, 5.41) is 9.43. The zero-order valence-corrected chi connectivity index (χ0v) is 11.8. The van der Waals surface area contributed by atoms with E-state index in [1.807, 2.05) is 0 Å². The Morgan fingerprint density at radius 2 is 1.90 bits per heavy atom. The molecule has 0 fully saturated rings. The van der Waals surface area contributed by atoms with Gasteiger partial charge in [-0.05, 0) is 0 Å². The van der Waals surface area contributed by atoms with Crippen LogP contribution in [0.1, 0.15) is 0 Å². The number of hydrogen-bond donors (Lipinski definition) is 3. The van der Waals surface area contributed by atoms with Crippen molar-refractivity contribution in [3.8, 4) is 0 Å². The summed E-state index contributed by atoms with van der Waals surface area (Å²) in [6.07, 6.45) is 0. The Morgan fingerprint density at radius 1 is 1.20 bits per heavy atom. The summed E-state index contributed by atoms with van der Waals surface area (Å²) in [6, 6.07) is 0. The van der Waals surface area contributed by atoms with Crippen LogP contribution in [0.4, 0.5) is 11.9 Å². The molecule has 0 aromatic carbocycles. The van der Waals surface area contributed by atoms with E-state index in [-0.39, 0.29) is 23.1 Å². The highest BCUT2D eigenvalue weighted by molar-refractivity contribution is 6.18. The minimum absolute atomic E-state index is 0.0107. The van der Waals surface area contributed by atoms with Crippen molar-refractivity contribution in [1.29, 1.82) is 0 Å². The SMILES string of the molecule is Nc1nc2nc(N=NN(CCCl)CCCl)[nH]c2c(=O)[nH]1. The third-order valence-corrected chi connectivity index (χ3v) is 2.66. The second kappa shape index (κ2) is 6.53. The number of rotatable bonds is 6. The fourth-order valence-corrected chi connectivity index (χ4v) is 1.85. The van der Waals surface area contributed by atoms with E-state index in [9.17, 15) is 4.79 Å². The fraction of sp³-hybridized carbons (Fsp3) is 0.444. The van der Waals surface area contributed by atoms with Crippen LogP contribution in [0.5, 0.6) is 0 Å². The molecule has 0 aliphatic carbocycles. The van der Waals surface area contributed by atoms with Crippen LogP contribution in [-0.4, -0.2) is 49.8 Å². The molecule has 4 N–H and O–H groups in total. The molecule has 0 bridgehead atoms. The summed E-state index contributed by atoms with van der Waals surface area (Å²) in [5.74, 6) is 0.933. The quantitative estimate of drug-likeness (QED) is 0.416. The van der Waals surface area contributed by atoms with Crippen molar-refractivity contribution in [3.63, 3.8) is 0 Å². The maximum absolute atomic E-state index is 11.6. The number of fused-ring (bicyclic) bond motifs is 1. The number of nitrogens with two attached hydrogens (primary N) is 1. The normalized spacial score (nSPS) is 11.5. The number of aromatic amines is 2. The smallest absolute Gasteiger partial charge is 0.278 e. The summed E-state index contributed by atoms with van der Waals surface area (Å²) < 4.78 is 0. The average Bonchev–Trinajstić information content (AvgIpc) is 2.79. The third-order valence-electron chi connectivity index (χ3n) is 2.32. The average molecular weight is 319 g/mol. The van der Waals surface area contributed by atoms with Crippen molar-refractivity contribution in [2.75, 3.05) is 30.6 Å². The molecule has 9 nitrogen and oxygen atoms in total. The van der Waals surface area contributed by atoms with Gasteiger partial charge in [-0.1, -0.05) is 10.3 Å². The molecule has 0 atom stereocenters. The minimum Gasteiger partial charge on any atom is -0.369 e. The molecule has 2 heterocycles. The van der Waals surface area contributed by atoms with Crippen LogP contribution >= 0.6 is 23.2 Å². The van der Waals surface area contributed by atoms with Gasteiger partial charge in [0.1, 0.15) is 0 Å². The van der Waals surface area contributed by atoms with Crippen LogP contribution in [0.3, 0.4) is 0 Å². The van der Waals surface area contributed by atoms with Crippen molar-refractivity contribution < 1.29 is 0 Å². The molecule has 0 amide bonds. The van der Waals surface area contributed by atoms with Crippen molar-refractivity contribution in [3.05, 3.63) is 10.4 Å². The van der Waals surface area contributed by atoms with E-state index < -0.39 is 5.56 Å². The molecule has 0 saturated carbocycles. The number of alkyl halides is 2. The van der Waals surface area contributed by atoms with E-state index in [1.165, 1.54) is 0 Å². The predicted octanol–water partition coefficient (Wildman–Crippen LogP) is 1.01. The van der Waals surface area contributed by atoms with Gasteiger partial charge in [-0.3, -0.25) is 14.8 Å². The van der Waals surface area contributed by atoms with Gasteiger partial charge in [-0.15, -0.1) is 23.2 Å². The summed E-state index contributed by atoms with van der Waals surface area (Å²) in [4.78, 5) is 24.5. The molecule has 2 rings (SSSR count). The lowest BCUT2D eigenvalue weighted by molar-refractivity contribution is 0.303. The van der Waals surface area contributed by atoms with E-state index in [1.54, 1.807) is 5.01 Å². The highest BCUT2D eigenvalue weighted by Gasteiger charge is 2.08. The molecule has 0 unspecified atom stereocenters. The van der Waals surface area contributed by atoms with E-state index in [4.69, 9.17) is 28.9 Å². The molecule has 0 spiro atoms. The van der Waals surface area contributed by atoms with Gasteiger partial charge >= 0.3 is 0 Å². The number of H-pyrrole nitrogens is 2. The Labute approximate surface area is 123 Å². The Bertz CT molecular complexity index is 660. The minimum atomic E-state index is -0.417. The van der Waals surface area contributed by atoms with E-state index in [2.05, 4.69) is 30.3 Å². The maximum atomic E-state index is 11.6. The number of nitrogens with one attached hydrogen (secondary N) is 2. The van der Waals surface area contributed by atoms with Crippen molar-refractivity contribution >= 4 is 46.3 Å². The Hall–Kier alpha value is -1.87. The van der Waals surface area contributed by atoms with Crippen LogP contribution in [0, 0.1) is 0 Å². The van der Waals surface area contributed by atoms with Gasteiger partial charge in [-0.2, -0.15) is 9.97 Å². The molecule has 0 radical (unpaired) electrons. The first-order valence-corrected chi connectivity index (χ1v) is 6.75. The summed E-state index contributed by atoms with van der Waals surface area (Å²) in [5.41, 5.74) is 5.38. The van der Waals surface area contributed by atoms with Gasteiger partial charge in [0.2, 0.25) is 5.95 Å². The Kier molecular flexibility index (Phi) is 4.74. The number of nitrogens with zero attached hydrogens (tertiary/aromatic N) is 5. The van der Waals surface area contributed by atoms with Crippen molar-refractivity contribution in [2.45, 2.75) is 0 Å². The van der Waals surface area contributed by atoms with Crippen LogP contribution in [0.25, 0.3) is 11.2 Å². The molecule has 0 saturated heterocycles. The molecular weight excluding hydrogens is 307 g/mol. The van der Waals surface area contributed by atoms with Gasteiger partial charge in [0.05, 0.1) is 13.1 Å². The second-order valence-electron chi connectivity index (χ2n) is 3.73. The predicted molar refractivity (Wildman–Crippen MR) is 76.5 cm³/mol. The van der Waals surface area contributed by atoms with Crippen LogP contribution < -0.4 is 11.3 Å². The molecular formula is C9H12Cl2N8O. The zero-order valence-electron chi connectivity index (χ0n) is 10.3. The topological polar surface area (TPSA) is 128 Å². The third kappa shape index (κ3) is 3.36. The lowest BCUT2D eigenvalue weighted by atomic mass is 10.5. The molecule has 0 aliphatic heterocycles. The highest BCUT2D eigenvalue weighted by atomic mass is 35.5. The lowest BCUT2D eigenvalue weighted by Gasteiger charge is -2.13. The Morgan fingerprint density at radius 3 is 2.55 bits per heavy atom. The van der Waals surface area contributed by atoms with Crippen LogP contribution in [0.2, 0.25) is 0 Å². The van der Waals surface area contributed by atoms with Crippen molar-refractivity contribution in [2.24, 2.45) is 10.3 Å². The fourth-order valence-electron chi connectivity index (χ4n) is 1.46. The lowest BCUT2D eigenvalue weighted by Crippen LogP contribution is -2.21. The monoisotopic (exact) mass is 318 g/mol. The molecule has 20 heavy (non-hydrogen) atoms. The first kappa shape index (κ1) is 14.5. The number of aromatic nitrogens is 4. The maximum Gasteiger partial charge on any atom is 0.278 e. The van der Waals surface area contributed by atoms with Gasteiger partial charge in [-0.25, -0.2) is 0 Å². The first-order chi connectivity index (χ1) is 9.63. The molecule has 2 aromatic heterocycles. The molecule has 108 valence electrons. The van der Waals surface area contributed by atoms with E-state index in [0.717, 1.165) is 0 Å². The highest BCUT2D eigenvalue weighted by Crippen LogP contribution is 2.12. The van der Waals surface area contributed by atoms with Crippen LogP contribution in [-0.2, 0) is 0 Å². The van der Waals surface area contributed by atoms with Crippen molar-refractivity contribution in [1.82, 2.24) is 24.9 Å². The number of imidazole rings is 1. The number of nitrogen functional groups attached to an aromatic ring is 1. The summed E-state index contributed by atoms with van der Waals surface area (Å²) in [7, 11) is 0. The van der Waals surface area contributed by atoms with Gasteiger partial charge < -0.3 is 10.7 Å². The van der Waals surface area contributed by atoms with Gasteiger partial charge in [0.25, 0.3) is 11.5 Å². The molecule has 2 aromatic rings. The largest absolute Gasteiger partial charge is 0.369 e. The number of hydrogen-bond acceptors (Lipinski definition) is 6. The summed E-state index contributed by atoms with van der Waals surface area (Å²) >= 11 is 11.3.